The topological polar surface area (TPSA) is 72.2 Å². The highest BCUT2D eigenvalue weighted by atomic mass is 35.5. The number of nitrogens with zero attached hydrogens (tertiary/aromatic N) is 1. The molecule has 0 aliphatic heterocycles. The maximum absolute atomic E-state index is 12.5. The Morgan fingerprint density at radius 3 is 2.61 bits per heavy atom. The molecule has 0 unspecified atom stereocenters. The second-order valence-corrected chi connectivity index (χ2v) is 7.06. The lowest BCUT2D eigenvalue weighted by atomic mass is 10.2. The van der Waals surface area contributed by atoms with E-state index in [2.05, 4.69) is 5.32 Å². The van der Waals surface area contributed by atoms with Crippen molar-refractivity contribution in [2.75, 3.05) is 5.32 Å². The average molecular weight is 351 g/mol. The number of hydrogen-bond donors (Lipinski definition) is 1. The fraction of sp³-hybridized carbons (Fsp3) is 0.188. The monoisotopic (exact) mass is 350 g/mol. The van der Waals surface area contributed by atoms with Crippen LogP contribution in [-0.4, -0.2) is 16.1 Å². The Hall–Kier alpha value is -2.05. The molecule has 0 radical (unpaired) electrons. The van der Waals surface area contributed by atoms with Gasteiger partial charge in [0.1, 0.15) is 0 Å². The molecule has 0 fully saturated rings. The Kier molecular flexibility index (Phi) is 5.63. The number of amides is 1. The molecule has 23 heavy (non-hydrogen) atoms. The number of anilines is 1. The molecule has 0 saturated carbocycles. The highest BCUT2D eigenvalue weighted by Crippen LogP contribution is 2.30. The van der Waals surface area contributed by atoms with Gasteiger partial charge in [0.15, 0.2) is 0 Å². The number of benzene rings is 2. The molecule has 0 aromatic heterocycles. The van der Waals surface area contributed by atoms with Gasteiger partial charge in [-0.1, -0.05) is 37.6 Å². The van der Waals surface area contributed by atoms with Gasteiger partial charge in [-0.05, 0) is 18.2 Å². The molecule has 2 aromatic carbocycles. The molecule has 0 atom stereocenters. The van der Waals surface area contributed by atoms with E-state index in [-0.39, 0.29) is 22.3 Å². The molecule has 0 saturated heterocycles. The number of hydrogen-bond acceptors (Lipinski definition) is 4. The molecule has 7 heteroatoms. The van der Waals surface area contributed by atoms with Gasteiger partial charge in [-0.2, -0.15) is 0 Å². The summed E-state index contributed by atoms with van der Waals surface area (Å²) in [4.78, 5) is 23.7. The van der Waals surface area contributed by atoms with Gasteiger partial charge in [0.2, 0.25) is 0 Å². The number of non-ortho nitro benzene ring substituents is 1. The Morgan fingerprint density at radius 2 is 1.96 bits per heavy atom. The molecule has 2 rings (SSSR count). The third kappa shape index (κ3) is 4.46. The quantitative estimate of drug-likeness (QED) is 0.468. The Balaban J connectivity index is 2.29. The summed E-state index contributed by atoms with van der Waals surface area (Å²) in [5.41, 5.74) is 0.596. The molecule has 0 heterocycles. The van der Waals surface area contributed by atoms with Crippen LogP contribution in [0.25, 0.3) is 0 Å². The molecular weight excluding hydrogens is 336 g/mol. The summed E-state index contributed by atoms with van der Waals surface area (Å²) in [6.45, 7) is 4.08. The van der Waals surface area contributed by atoms with Gasteiger partial charge >= 0.3 is 0 Å². The fourth-order valence-electron chi connectivity index (χ4n) is 1.92. The number of nitro benzene ring substituents is 1. The largest absolute Gasteiger partial charge is 0.320 e. The third-order valence-electron chi connectivity index (χ3n) is 2.90. The molecule has 1 N–H and O–H groups in total. The first-order chi connectivity index (χ1) is 10.9. The van der Waals surface area contributed by atoms with Crippen LogP contribution in [0.2, 0.25) is 5.02 Å². The molecular formula is C16H15ClN2O3S. The van der Waals surface area contributed by atoms with Crippen LogP contribution in [0.1, 0.15) is 24.2 Å². The van der Waals surface area contributed by atoms with Crippen LogP contribution < -0.4 is 5.32 Å². The summed E-state index contributed by atoms with van der Waals surface area (Å²) >= 11 is 7.59. The van der Waals surface area contributed by atoms with E-state index in [1.54, 1.807) is 23.9 Å². The van der Waals surface area contributed by atoms with Crippen LogP contribution >= 0.6 is 23.4 Å². The van der Waals surface area contributed by atoms with Crippen molar-refractivity contribution in [3.8, 4) is 0 Å². The van der Waals surface area contributed by atoms with Crippen LogP contribution in [0.15, 0.2) is 47.4 Å². The van der Waals surface area contributed by atoms with E-state index in [0.717, 1.165) is 4.90 Å². The van der Waals surface area contributed by atoms with Gasteiger partial charge in [0.25, 0.3) is 11.6 Å². The summed E-state index contributed by atoms with van der Waals surface area (Å²) < 4.78 is 0. The van der Waals surface area contributed by atoms with Crippen LogP contribution in [-0.2, 0) is 0 Å². The highest BCUT2D eigenvalue weighted by molar-refractivity contribution is 8.00. The van der Waals surface area contributed by atoms with Crippen LogP contribution in [0.4, 0.5) is 11.4 Å². The van der Waals surface area contributed by atoms with Gasteiger partial charge in [0, 0.05) is 22.3 Å². The average Bonchev–Trinajstić information content (AvgIpc) is 2.49. The molecule has 5 nitrogen and oxygen atoms in total. The zero-order valence-corrected chi connectivity index (χ0v) is 14.1. The molecule has 0 spiro atoms. The van der Waals surface area contributed by atoms with E-state index >= 15 is 0 Å². The summed E-state index contributed by atoms with van der Waals surface area (Å²) in [5, 5.41) is 14.1. The maximum atomic E-state index is 12.5. The number of rotatable bonds is 5. The SMILES string of the molecule is CC(C)Sc1ccccc1C(=O)Nc1cc([N+](=O)[O-])ccc1Cl. The molecule has 2 aromatic rings. The van der Waals surface area contributed by atoms with Crippen molar-refractivity contribution in [2.45, 2.75) is 24.0 Å². The van der Waals surface area contributed by atoms with E-state index in [0.29, 0.717) is 10.8 Å². The number of carbonyl (C=O) groups excluding carboxylic acids is 1. The van der Waals surface area contributed by atoms with Crippen molar-refractivity contribution in [3.05, 3.63) is 63.2 Å². The first kappa shape index (κ1) is 17.3. The number of nitrogens with one attached hydrogen (secondary N) is 1. The second kappa shape index (κ2) is 7.48. The number of carbonyl (C=O) groups is 1. The first-order valence-electron chi connectivity index (χ1n) is 6.89. The van der Waals surface area contributed by atoms with E-state index in [1.807, 2.05) is 26.0 Å². The van der Waals surface area contributed by atoms with E-state index in [9.17, 15) is 14.9 Å². The Labute approximate surface area is 143 Å². The minimum absolute atomic E-state index is 0.130. The maximum Gasteiger partial charge on any atom is 0.271 e. The molecule has 1 amide bonds. The minimum atomic E-state index is -0.533. The van der Waals surface area contributed by atoms with Crippen molar-refractivity contribution in [2.24, 2.45) is 0 Å². The van der Waals surface area contributed by atoms with Crippen molar-refractivity contribution in [1.82, 2.24) is 0 Å². The standard InChI is InChI=1S/C16H15ClN2O3S/c1-10(2)23-15-6-4-3-5-12(15)16(20)18-14-9-11(19(21)22)7-8-13(14)17/h3-10H,1-2H3,(H,18,20). The number of thioether (sulfide) groups is 1. The van der Waals surface area contributed by atoms with Gasteiger partial charge in [-0.25, -0.2) is 0 Å². The second-order valence-electron chi connectivity index (χ2n) is 5.04. The Morgan fingerprint density at radius 1 is 1.26 bits per heavy atom. The highest BCUT2D eigenvalue weighted by Gasteiger charge is 2.16. The van der Waals surface area contributed by atoms with Crippen LogP contribution in [0.3, 0.4) is 0 Å². The zero-order chi connectivity index (χ0) is 17.0. The van der Waals surface area contributed by atoms with E-state index in [4.69, 9.17) is 11.6 Å². The molecule has 0 bridgehead atoms. The van der Waals surface area contributed by atoms with E-state index < -0.39 is 4.92 Å². The van der Waals surface area contributed by atoms with Crippen molar-refractivity contribution in [1.29, 1.82) is 0 Å². The smallest absolute Gasteiger partial charge is 0.271 e. The first-order valence-corrected chi connectivity index (χ1v) is 8.15. The van der Waals surface area contributed by atoms with Crippen molar-refractivity contribution in [3.63, 3.8) is 0 Å². The van der Waals surface area contributed by atoms with Crippen LogP contribution in [0.5, 0.6) is 0 Å². The lowest BCUT2D eigenvalue weighted by Gasteiger charge is -2.12. The fourth-order valence-corrected chi connectivity index (χ4v) is 3.04. The number of nitro groups is 1. The molecule has 120 valence electrons. The summed E-state index contributed by atoms with van der Waals surface area (Å²) in [7, 11) is 0. The normalized spacial score (nSPS) is 10.6. The summed E-state index contributed by atoms with van der Waals surface area (Å²) in [6.07, 6.45) is 0. The predicted octanol–water partition coefficient (Wildman–Crippen LogP) is 5.00. The van der Waals surface area contributed by atoms with Gasteiger partial charge in [0.05, 0.1) is 21.2 Å². The lowest BCUT2D eigenvalue weighted by Crippen LogP contribution is -2.13. The summed E-state index contributed by atoms with van der Waals surface area (Å²) in [5.74, 6) is -0.351. The predicted molar refractivity (Wildman–Crippen MR) is 93.5 cm³/mol. The Bertz CT molecular complexity index is 750. The lowest BCUT2D eigenvalue weighted by molar-refractivity contribution is -0.384. The molecule has 0 aliphatic rings. The van der Waals surface area contributed by atoms with Gasteiger partial charge < -0.3 is 5.32 Å². The minimum Gasteiger partial charge on any atom is -0.320 e. The van der Waals surface area contributed by atoms with Crippen LogP contribution in [0, 0.1) is 10.1 Å². The van der Waals surface area contributed by atoms with Crippen molar-refractivity contribution >= 4 is 40.6 Å². The van der Waals surface area contributed by atoms with Crippen molar-refractivity contribution < 1.29 is 9.72 Å². The summed E-state index contributed by atoms with van der Waals surface area (Å²) in [6, 6.07) is 11.2. The van der Waals surface area contributed by atoms with Gasteiger partial charge in [-0.15, -0.1) is 11.8 Å². The number of halogens is 1. The van der Waals surface area contributed by atoms with E-state index in [1.165, 1.54) is 18.2 Å². The molecule has 0 aliphatic carbocycles. The zero-order valence-electron chi connectivity index (χ0n) is 12.6. The van der Waals surface area contributed by atoms with Gasteiger partial charge in [-0.3, -0.25) is 14.9 Å². The third-order valence-corrected chi connectivity index (χ3v) is 4.31.